The molecular formula is C29H27F2N5O2. The number of pyridine rings is 1. The van der Waals surface area contributed by atoms with Crippen LogP contribution in [0.3, 0.4) is 0 Å². The molecule has 0 spiro atoms. The molecule has 194 valence electrons. The van der Waals surface area contributed by atoms with Crippen LogP contribution < -0.4 is 11.1 Å². The number of rotatable bonds is 9. The number of ketones is 1. The molecule has 1 aliphatic heterocycles. The van der Waals surface area contributed by atoms with E-state index < -0.39 is 35.2 Å². The van der Waals surface area contributed by atoms with E-state index in [0.29, 0.717) is 23.4 Å². The minimum Gasteiger partial charge on any atom is -0.370 e. The first kappa shape index (κ1) is 26.6. The molecule has 0 saturated heterocycles. The Morgan fingerprint density at radius 3 is 2.68 bits per heavy atom. The number of nitrogens with zero attached hydrogens (tertiary/aromatic N) is 3. The van der Waals surface area contributed by atoms with Crippen molar-refractivity contribution in [3.8, 4) is 12.3 Å². The summed E-state index contributed by atoms with van der Waals surface area (Å²) >= 11 is 0. The van der Waals surface area contributed by atoms with Gasteiger partial charge in [-0.1, -0.05) is 24.3 Å². The number of hydrogen-bond donors (Lipinski definition) is 2. The van der Waals surface area contributed by atoms with Gasteiger partial charge in [-0.2, -0.15) is 0 Å². The monoisotopic (exact) mass is 515 g/mol. The van der Waals surface area contributed by atoms with Gasteiger partial charge in [-0.25, -0.2) is 8.78 Å². The van der Waals surface area contributed by atoms with Crippen LogP contribution in [-0.2, 0) is 0 Å². The fraction of sp³-hybridized carbons (Fsp3) is 0.241. The molecule has 9 heteroatoms. The van der Waals surface area contributed by atoms with E-state index in [1.54, 1.807) is 18.2 Å². The van der Waals surface area contributed by atoms with Gasteiger partial charge in [0, 0.05) is 30.4 Å². The van der Waals surface area contributed by atoms with Gasteiger partial charge in [0.1, 0.15) is 23.2 Å². The normalized spacial score (nSPS) is 15.2. The third-order valence-electron chi connectivity index (χ3n) is 6.35. The Morgan fingerprint density at radius 2 is 1.97 bits per heavy atom. The van der Waals surface area contributed by atoms with Crippen LogP contribution in [0.1, 0.15) is 39.1 Å². The van der Waals surface area contributed by atoms with E-state index in [0.717, 1.165) is 6.07 Å². The molecule has 4 rings (SSSR count). The average molecular weight is 516 g/mol. The number of hydrogen-bond acceptors (Lipinski definition) is 6. The number of aryl methyl sites for hydroxylation is 1. The van der Waals surface area contributed by atoms with E-state index >= 15 is 4.39 Å². The van der Waals surface area contributed by atoms with E-state index in [1.807, 2.05) is 18.2 Å². The Kier molecular flexibility index (Phi) is 8.24. The van der Waals surface area contributed by atoms with Crippen LogP contribution in [0, 0.1) is 30.9 Å². The Labute approximate surface area is 219 Å². The van der Waals surface area contributed by atoms with Crippen LogP contribution in [0.2, 0.25) is 0 Å². The number of anilines is 1. The minimum atomic E-state index is -0.995. The van der Waals surface area contributed by atoms with Crippen molar-refractivity contribution in [3.05, 3.63) is 89.2 Å². The molecule has 1 aliphatic rings. The molecule has 1 aromatic heterocycles. The van der Waals surface area contributed by atoms with Crippen molar-refractivity contribution in [2.75, 3.05) is 18.4 Å². The quantitative estimate of drug-likeness (QED) is 0.414. The lowest BCUT2D eigenvalue weighted by Gasteiger charge is -2.36. The SMILES string of the molecule is C#CC[C@H](C1=Nc2cnccc2C(=O)C1Nc1ccccc1)N(CCCN)C(=O)c1c(F)ccc(C)c1F. The van der Waals surface area contributed by atoms with Gasteiger partial charge in [-0.15, -0.1) is 12.3 Å². The molecule has 0 bridgehead atoms. The fourth-order valence-electron chi connectivity index (χ4n) is 4.43. The van der Waals surface area contributed by atoms with Crippen molar-refractivity contribution >= 4 is 28.8 Å². The third-order valence-corrected chi connectivity index (χ3v) is 6.35. The van der Waals surface area contributed by atoms with Crippen molar-refractivity contribution < 1.29 is 18.4 Å². The second-order valence-electron chi connectivity index (χ2n) is 8.86. The summed E-state index contributed by atoms with van der Waals surface area (Å²) in [6.45, 7) is 1.71. The van der Waals surface area contributed by atoms with Gasteiger partial charge in [0.15, 0.2) is 5.78 Å². The number of halogens is 2. The Balaban J connectivity index is 1.86. The average Bonchev–Trinajstić information content (AvgIpc) is 2.92. The van der Waals surface area contributed by atoms with E-state index in [2.05, 4.69) is 16.2 Å². The standard InChI is InChI=1S/C29H27F2N5O2/c1-3-8-23(36(16-7-14-32)29(38)24-21(30)12-11-18(2)25(24)31)26-27(34-19-9-5-4-6-10-19)28(37)20-13-15-33-17-22(20)35-26/h1,4-6,9-13,15,17,23,27,34H,7-8,14,16,32H2,2H3/t23-,27?/m1/s1. The first-order chi connectivity index (χ1) is 18.4. The van der Waals surface area contributed by atoms with Crippen LogP contribution >= 0.6 is 0 Å². The summed E-state index contributed by atoms with van der Waals surface area (Å²) in [4.78, 5) is 37.5. The first-order valence-electron chi connectivity index (χ1n) is 12.1. The number of carbonyl (C=O) groups excluding carboxylic acids is 2. The third kappa shape index (κ3) is 5.31. The molecule has 0 saturated carbocycles. The maximum absolute atomic E-state index is 15.1. The first-order valence-corrected chi connectivity index (χ1v) is 12.1. The molecule has 3 N–H and O–H groups in total. The number of aromatic nitrogens is 1. The van der Waals surface area contributed by atoms with Gasteiger partial charge in [0.05, 0.1) is 23.6 Å². The zero-order chi connectivity index (χ0) is 27.2. The van der Waals surface area contributed by atoms with E-state index in [1.165, 1.54) is 30.3 Å². The topological polar surface area (TPSA) is 101 Å². The van der Waals surface area contributed by atoms with Gasteiger partial charge in [-0.3, -0.25) is 19.6 Å². The summed E-state index contributed by atoms with van der Waals surface area (Å²) in [5.41, 5.74) is 6.73. The summed E-state index contributed by atoms with van der Waals surface area (Å²) in [5, 5.41) is 3.20. The molecule has 1 unspecified atom stereocenters. The maximum atomic E-state index is 15.1. The number of Topliss-reactive ketones (excluding diaryl/α,β-unsaturated/α-hetero) is 1. The largest absolute Gasteiger partial charge is 0.370 e. The van der Waals surface area contributed by atoms with Crippen LogP contribution in [0.15, 0.2) is 65.9 Å². The molecule has 2 heterocycles. The molecular weight excluding hydrogens is 488 g/mol. The van der Waals surface area contributed by atoms with Crippen LogP contribution in [0.25, 0.3) is 0 Å². The van der Waals surface area contributed by atoms with E-state index in [4.69, 9.17) is 17.1 Å². The van der Waals surface area contributed by atoms with Gasteiger partial charge in [0.2, 0.25) is 0 Å². The second-order valence-corrected chi connectivity index (χ2v) is 8.86. The number of fused-ring (bicyclic) bond motifs is 1. The van der Waals surface area contributed by atoms with Crippen LogP contribution in [-0.4, -0.2) is 52.5 Å². The zero-order valence-electron chi connectivity index (χ0n) is 20.8. The van der Waals surface area contributed by atoms with Crippen molar-refractivity contribution in [1.29, 1.82) is 0 Å². The van der Waals surface area contributed by atoms with Crippen molar-refractivity contribution in [2.45, 2.75) is 31.8 Å². The maximum Gasteiger partial charge on any atom is 0.260 e. The molecule has 3 aromatic rings. The Hall–Kier alpha value is -4.42. The highest BCUT2D eigenvalue weighted by Crippen LogP contribution is 2.30. The second kappa shape index (κ2) is 11.8. The number of amides is 1. The number of terminal acetylenes is 1. The molecule has 1 amide bonds. The van der Waals surface area contributed by atoms with Gasteiger partial charge < -0.3 is 16.0 Å². The molecule has 2 aromatic carbocycles. The minimum absolute atomic E-state index is 0.0413. The molecule has 0 aliphatic carbocycles. The van der Waals surface area contributed by atoms with Gasteiger partial charge >= 0.3 is 0 Å². The Morgan fingerprint density at radius 1 is 1.21 bits per heavy atom. The summed E-state index contributed by atoms with van der Waals surface area (Å²) < 4.78 is 29.9. The summed E-state index contributed by atoms with van der Waals surface area (Å²) in [6.07, 6.45) is 8.94. The molecule has 0 radical (unpaired) electrons. The molecule has 38 heavy (non-hydrogen) atoms. The van der Waals surface area contributed by atoms with E-state index in [9.17, 15) is 14.0 Å². The van der Waals surface area contributed by atoms with Gasteiger partial charge in [-0.05, 0) is 49.7 Å². The zero-order valence-corrected chi connectivity index (χ0v) is 20.8. The summed E-state index contributed by atoms with van der Waals surface area (Å²) in [5.74, 6) is -0.601. The predicted octanol–water partition coefficient (Wildman–Crippen LogP) is 4.30. The Bertz CT molecular complexity index is 1420. The van der Waals surface area contributed by atoms with Gasteiger partial charge in [0.25, 0.3) is 5.91 Å². The number of aliphatic imine (C=N–C) groups is 1. The highest BCUT2D eigenvalue weighted by molar-refractivity contribution is 6.24. The van der Waals surface area contributed by atoms with Crippen LogP contribution in [0.5, 0.6) is 0 Å². The van der Waals surface area contributed by atoms with E-state index in [-0.39, 0.29) is 36.6 Å². The van der Waals surface area contributed by atoms with Crippen molar-refractivity contribution in [1.82, 2.24) is 9.88 Å². The molecule has 7 nitrogen and oxygen atoms in total. The summed E-state index contributed by atoms with van der Waals surface area (Å²) in [7, 11) is 0. The highest BCUT2D eigenvalue weighted by Gasteiger charge is 2.40. The fourth-order valence-corrected chi connectivity index (χ4v) is 4.43. The van der Waals surface area contributed by atoms with Crippen molar-refractivity contribution in [3.63, 3.8) is 0 Å². The highest BCUT2D eigenvalue weighted by atomic mass is 19.1. The number of nitrogens with one attached hydrogen (secondary N) is 1. The lowest BCUT2D eigenvalue weighted by atomic mass is 9.89. The molecule has 0 fully saturated rings. The lowest BCUT2D eigenvalue weighted by Crippen LogP contribution is -2.54. The smallest absolute Gasteiger partial charge is 0.260 e. The lowest BCUT2D eigenvalue weighted by molar-refractivity contribution is 0.0711. The molecule has 2 atom stereocenters. The number of para-hydroxylation sites is 1. The predicted molar refractivity (Wildman–Crippen MR) is 143 cm³/mol. The summed E-state index contributed by atoms with van der Waals surface area (Å²) in [6, 6.07) is 11.0. The number of nitrogens with two attached hydrogens (primary N) is 1. The number of carbonyl (C=O) groups is 2. The van der Waals surface area contributed by atoms with Crippen LogP contribution in [0.4, 0.5) is 20.2 Å². The van der Waals surface area contributed by atoms with Crippen molar-refractivity contribution in [2.24, 2.45) is 10.7 Å². The number of benzene rings is 2.